The van der Waals surface area contributed by atoms with Crippen molar-refractivity contribution in [2.24, 2.45) is 0 Å². The maximum Gasteiger partial charge on any atom is 0.256 e. The topological polar surface area (TPSA) is 88.3 Å². The van der Waals surface area contributed by atoms with Crippen molar-refractivity contribution < 1.29 is 14.3 Å². The summed E-state index contributed by atoms with van der Waals surface area (Å²) >= 11 is 1.42. The molecule has 2 aromatic heterocycles. The van der Waals surface area contributed by atoms with Gasteiger partial charge in [0.2, 0.25) is 11.8 Å². The second-order valence-electron chi connectivity index (χ2n) is 6.93. The van der Waals surface area contributed by atoms with Gasteiger partial charge in [-0.15, -0.1) is 11.8 Å². The Hall–Kier alpha value is -2.79. The summed E-state index contributed by atoms with van der Waals surface area (Å²) in [4.78, 5) is 23.8. The van der Waals surface area contributed by atoms with Gasteiger partial charge in [-0.05, 0) is 45.1 Å². The van der Waals surface area contributed by atoms with Crippen LogP contribution < -0.4 is 9.47 Å². The van der Waals surface area contributed by atoms with Crippen molar-refractivity contribution in [3.8, 4) is 17.8 Å². The third kappa shape index (κ3) is 4.46. The zero-order valence-electron chi connectivity index (χ0n) is 17.0. The summed E-state index contributed by atoms with van der Waals surface area (Å²) in [5.41, 5.74) is 1.82. The molecule has 1 saturated heterocycles. The van der Waals surface area contributed by atoms with E-state index in [9.17, 15) is 10.1 Å². The Bertz CT molecular complexity index is 944. The van der Waals surface area contributed by atoms with Gasteiger partial charge in [0.05, 0.1) is 30.9 Å². The van der Waals surface area contributed by atoms with Crippen LogP contribution in [-0.4, -0.2) is 52.8 Å². The van der Waals surface area contributed by atoms with E-state index in [4.69, 9.17) is 9.47 Å². The van der Waals surface area contributed by atoms with Crippen LogP contribution in [0.3, 0.4) is 0 Å². The molecule has 1 aliphatic heterocycles. The summed E-state index contributed by atoms with van der Waals surface area (Å²) < 4.78 is 11.3. The number of pyridine rings is 2. The van der Waals surface area contributed by atoms with Gasteiger partial charge in [0.1, 0.15) is 11.1 Å². The van der Waals surface area contributed by atoms with Crippen molar-refractivity contribution in [3.63, 3.8) is 0 Å². The second-order valence-corrected chi connectivity index (χ2v) is 7.73. The quantitative estimate of drug-likeness (QED) is 0.695. The first-order valence-electron chi connectivity index (χ1n) is 9.40. The molecule has 29 heavy (non-hydrogen) atoms. The molecule has 0 saturated carbocycles. The minimum absolute atomic E-state index is 0.0687. The van der Waals surface area contributed by atoms with E-state index in [0.29, 0.717) is 34.5 Å². The Morgan fingerprint density at radius 3 is 2.83 bits per heavy atom. The Labute approximate surface area is 175 Å². The number of likely N-dealkylation sites (tertiary alicyclic amines) is 1. The van der Waals surface area contributed by atoms with Crippen molar-refractivity contribution in [2.75, 3.05) is 19.9 Å². The van der Waals surface area contributed by atoms with E-state index in [2.05, 4.69) is 16.0 Å². The molecule has 0 aromatic carbocycles. The summed E-state index contributed by atoms with van der Waals surface area (Å²) in [5, 5.41) is 9.85. The predicted molar refractivity (Wildman–Crippen MR) is 110 cm³/mol. The van der Waals surface area contributed by atoms with Crippen molar-refractivity contribution in [1.29, 1.82) is 5.26 Å². The number of nitrogens with zero attached hydrogens (tertiary/aromatic N) is 4. The largest absolute Gasteiger partial charge is 0.481 e. The van der Waals surface area contributed by atoms with Gasteiger partial charge >= 0.3 is 0 Å². The van der Waals surface area contributed by atoms with E-state index in [1.165, 1.54) is 11.8 Å². The number of hydrogen-bond acceptors (Lipinski definition) is 7. The molecule has 0 aliphatic carbocycles. The molecular weight excluding hydrogens is 388 g/mol. The first kappa shape index (κ1) is 20.9. The van der Waals surface area contributed by atoms with Gasteiger partial charge < -0.3 is 14.4 Å². The lowest BCUT2D eigenvalue weighted by atomic mass is 10.00. The number of nitriles is 1. The number of hydrogen-bond donors (Lipinski definition) is 0. The lowest BCUT2D eigenvalue weighted by Gasteiger charge is -2.38. The normalized spacial score (nSPS) is 18.8. The molecule has 1 amide bonds. The van der Waals surface area contributed by atoms with Crippen LogP contribution >= 0.6 is 11.8 Å². The fourth-order valence-electron chi connectivity index (χ4n) is 3.38. The van der Waals surface area contributed by atoms with Crippen molar-refractivity contribution >= 4 is 17.7 Å². The number of aromatic nitrogens is 2. The van der Waals surface area contributed by atoms with Gasteiger partial charge in [-0.3, -0.25) is 4.79 Å². The van der Waals surface area contributed by atoms with Gasteiger partial charge in [0.25, 0.3) is 5.91 Å². The van der Waals surface area contributed by atoms with Gasteiger partial charge in [-0.25, -0.2) is 9.97 Å². The highest BCUT2D eigenvalue weighted by molar-refractivity contribution is 7.98. The van der Waals surface area contributed by atoms with Crippen LogP contribution in [0.15, 0.2) is 29.4 Å². The molecule has 2 aromatic rings. The van der Waals surface area contributed by atoms with Crippen molar-refractivity contribution in [2.45, 2.75) is 43.9 Å². The van der Waals surface area contributed by atoms with Crippen LogP contribution in [0.25, 0.3) is 0 Å². The standard InChI is InChI=1S/C21H24N4O3S/c1-13-5-6-16(28-19-14(2)15(11-22)9-10-23-19)12-25(13)21(26)17-7-8-18(27-3)24-20(17)29-4/h7-10,13,16H,5-6,12H2,1-4H3. The Morgan fingerprint density at radius 2 is 2.14 bits per heavy atom. The van der Waals surface area contributed by atoms with Crippen molar-refractivity contribution in [1.82, 2.24) is 14.9 Å². The zero-order valence-corrected chi connectivity index (χ0v) is 17.8. The molecule has 3 rings (SSSR count). The molecule has 0 bridgehead atoms. The molecule has 1 aliphatic rings. The average Bonchev–Trinajstić information content (AvgIpc) is 2.75. The van der Waals surface area contributed by atoms with E-state index in [-0.39, 0.29) is 18.1 Å². The summed E-state index contributed by atoms with van der Waals surface area (Å²) in [6.45, 7) is 4.32. The highest BCUT2D eigenvalue weighted by Gasteiger charge is 2.32. The zero-order chi connectivity index (χ0) is 21.0. The van der Waals surface area contributed by atoms with E-state index in [1.807, 2.05) is 25.0 Å². The van der Waals surface area contributed by atoms with Crippen LogP contribution in [0, 0.1) is 18.3 Å². The molecular formula is C21H24N4O3S. The third-order valence-electron chi connectivity index (χ3n) is 5.12. The number of thioether (sulfide) groups is 1. The van der Waals surface area contributed by atoms with Crippen LogP contribution in [0.5, 0.6) is 11.8 Å². The highest BCUT2D eigenvalue weighted by Crippen LogP contribution is 2.28. The molecule has 1 fully saturated rings. The number of methoxy groups -OCH3 is 1. The first-order valence-corrected chi connectivity index (χ1v) is 10.6. The maximum absolute atomic E-state index is 13.3. The Balaban J connectivity index is 1.80. The number of ether oxygens (including phenoxy) is 2. The Kier molecular flexibility index (Phi) is 6.60. The molecule has 2 unspecified atom stereocenters. The minimum Gasteiger partial charge on any atom is -0.481 e. The molecule has 7 nitrogen and oxygen atoms in total. The number of rotatable bonds is 5. The first-order chi connectivity index (χ1) is 14.0. The fourth-order valence-corrected chi connectivity index (χ4v) is 3.93. The van der Waals surface area contributed by atoms with Crippen LogP contribution in [0.2, 0.25) is 0 Å². The van der Waals surface area contributed by atoms with E-state index >= 15 is 0 Å². The number of piperidine rings is 1. The van der Waals surface area contributed by atoms with Gasteiger partial charge in [-0.1, -0.05) is 0 Å². The monoisotopic (exact) mass is 412 g/mol. The summed E-state index contributed by atoms with van der Waals surface area (Å²) in [7, 11) is 1.56. The minimum atomic E-state index is -0.181. The molecule has 8 heteroatoms. The lowest BCUT2D eigenvalue weighted by molar-refractivity contribution is 0.0367. The summed E-state index contributed by atoms with van der Waals surface area (Å²) in [5.74, 6) is 0.866. The van der Waals surface area contributed by atoms with Crippen LogP contribution in [0.1, 0.15) is 41.3 Å². The summed E-state index contributed by atoms with van der Waals surface area (Å²) in [6, 6.07) is 7.38. The van der Waals surface area contributed by atoms with Gasteiger partial charge in [-0.2, -0.15) is 5.26 Å². The van der Waals surface area contributed by atoms with E-state index < -0.39 is 0 Å². The highest BCUT2D eigenvalue weighted by atomic mass is 32.2. The maximum atomic E-state index is 13.3. The van der Waals surface area contributed by atoms with Gasteiger partial charge in [0.15, 0.2) is 0 Å². The predicted octanol–water partition coefficient (Wildman–Crippen LogP) is 3.46. The average molecular weight is 413 g/mol. The molecule has 0 radical (unpaired) electrons. The smallest absolute Gasteiger partial charge is 0.256 e. The second kappa shape index (κ2) is 9.14. The number of amides is 1. The van der Waals surface area contributed by atoms with E-state index in [1.54, 1.807) is 31.5 Å². The van der Waals surface area contributed by atoms with Crippen LogP contribution in [0.4, 0.5) is 0 Å². The SMILES string of the molecule is COc1ccc(C(=O)N2CC(Oc3nccc(C#N)c3C)CCC2C)c(SC)n1. The third-order valence-corrected chi connectivity index (χ3v) is 5.82. The Morgan fingerprint density at radius 1 is 1.34 bits per heavy atom. The molecule has 0 spiro atoms. The fraction of sp³-hybridized carbons (Fsp3) is 0.429. The van der Waals surface area contributed by atoms with Gasteiger partial charge in [0, 0.05) is 23.9 Å². The number of carbonyl (C=O) groups is 1. The molecule has 152 valence electrons. The van der Waals surface area contributed by atoms with Crippen LogP contribution in [-0.2, 0) is 0 Å². The van der Waals surface area contributed by atoms with Crippen molar-refractivity contribution in [3.05, 3.63) is 41.1 Å². The van der Waals surface area contributed by atoms with E-state index in [0.717, 1.165) is 18.4 Å². The summed E-state index contributed by atoms with van der Waals surface area (Å²) in [6.07, 6.45) is 4.92. The molecule has 2 atom stereocenters. The number of carbonyl (C=O) groups excluding carboxylic acids is 1. The molecule has 3 heterocycles. The molecule has 0 N–H and O–H groups in total. The lowest BCUT2D eigenvalue weighted by Crippen LogP contribution is -2.49.